The summed E-state index contributed by atoms with van der Waals surface area (Å²) < 4.78 is 0. The van der Waals surface area contributed by atoms with E-state index in [-0.39, 0.29) is 0 Å². The molecule has 2 atom stereocenters. The Hall–Kier alpha value is -1.94. The van der Waals surface area contributed by atoms with Crippen LogP contribution in [0.1, 0.15) is 38.2 Å². The van der Waals surface area contributed by atoms with Crippen LogP contribution in [0.25, 0.3) is 11.3 Å². The van der Waals surface area contributed by atoms with Gasteiger partial charge >= 0.3 is 0 Å². The highest BCUT2D eigenvalue weighted by atomic mass is 15.2. The molecule has 3 heterocycles. The minimum absolute atomic E-state index is 0.528. The van der Waals surface area contributed by atoms with Crippen LogP contribution >= 0.6 is 0 Å². The Bertz CT molecular complexity index is 686. The highest BCUT2D eigenvalue weighted by Gasteiger charge is 2.38. The molecule has 2 bridgehead atoms. The summed E-state index contributed by atoms with van der Waals surface area (Å²) in [7, 11) is 2.28. The second kappa shape index (κ2) is 6.52. The number of benzene rings is 1. The van der Waals surface area contributed by atoms with E-state index in [0.717, 1.165) is 35.6 Å². The molecule has 2 aromatic rings. The molecule has 0 spiro atoms. The zero-order valence-corrected chi connectivity index (χ0v) is 14.6. The van der Waals surface area contributed by atoms with Crippen molar-refractivity contribution in [3.63, 3.8) is 0 Å². The van der Waals surface area contributed by atoms with Crippen molar-refractivity contribution < 1.29 is 0 Å². The van der Waals surface area contributed by atoms with Gasteiger partial charge in [0.1, 0.15) is 5.82 Å². The van der Waals surface area contributed by atoms with Crippen molar-refractivity contribution in [1.29, 1.82) is 0 Å². The van der Waals surface area contributed by atoms with E-state index in [9.17, 15) is 0 Å². The Morgan fingerprint density at radius 3 is 2.46 bits per heavy atom. The number of aromatic nitrogens is 2. The van der Waals surface area contributed by atoms with E-state index in [1.807, 2.05) is 6.07 Å². The smallest absolute Gasteiger partial charge is 0.149 e. The topological polar surface area (TPSA) is 41.0 Å². The van der Waals surface area contributed by atoms with Gasteiger partial charge < -0.3 is 10.2 Å². The molecule has 1 aromatic heterocycles. The molecule has 1 N–H and O–H groups in total. The van der Waals surface area contributed by atoms with Crippen LogP contribution in [0.5, 0.6) is 0 Å². The molecule has 2 unspecified atom stereocenters. The third-order valence-electron chi connectivity index (χ3n) is 5.75. The van der Waals surface area contributed by atoms with E-state index < -0.39 is 0 Å². The molecule has 4 heteroatoms. The molecule has 4 rings (SSSR count). The first kappa shape index (κ1) is 15.6. The minimum Gasteiger partial charge on any atom is -0.366 e. The number of hydrogen-bond acceptors (Lipinski definition) is 4. The quantitative estimate of drug-likeness (QED) is 0.931. The third kappa shape index (κ3) is 2.91. The molecule has 2 saturated heterocycles. The van der Waals surface area contributed by atoms with Crippen molar-refractivity contribution in [2.75, 3.05) is 12.4 Å². The lowest BCUT2D eigenvalue weighted by Crippen LogP contribution is -2.44. The van der Waals surface area contributed by atoms with Crippen LogP contribution in [0.2, 0.25) is 0 Å². The summed E-state index contributed by atoms with van der Waals surface area (Å²) in [6, 6.07) is 14.5. The van der Waals surface area contributed by atoms with Gasteiger partial charge in [0.25, 0.3) is 0 Å². The third-order valence-corrected chi connectivity index (χ3v) is 5.75. The summed E-state index contributed by atoms with van der Waals surface area (Å²) in [6.07, 6.45) is 6.09. The van der Waals surface area contributed by atoms with E-state index in [1.165, 1.54) is 31.2 Å². The number of rotatable bonds is 4. The van der Waals surface area contributed by atoms with Crippen molar-refractivity contribution in [3.8, 4) is 11.3 Å². The zero-order valence-electron chi connectivity index (χ0n) is 14.6. The molecule has 2 aliphatic rings. The number of hydrogen-bond donors (Lipinski definition) is 1. The lowest BCUT2D eigenvalue weighted by Gasteiger charge is -2.36. The number of anilines is 1. The Labute approximate surface area is 144 Å². The van der Waals surface area contributed by atoms with Crippen molar-refractivity contribution in [3.05, 3.63) is 42.0 Å². The molecule has 2 fully saturated rings. The summed E-state index contributed by atoms with van der Waals surface area (Å²) in [6.45, 7) is 2.18. The van der Waals surface area contributed by atoms with Crippen LogP contribution < -0.4 is 5.32 Å². The second-order valence-corrected chi connectivity index (χ2v) is 7.19. The SMILES string of the molecule is CCc1cc(NC2CC3CCC(C2)N3C)nnc1-c1ccccc1. The maximum Gasteiger partial charge on any atom is 0.149 e. The van der Waals surface area contributed by atoms with Gasteiger partial charge in [0.05, 0.1) is 5.69 Å². The summed E-state index contributed by atoms with van der Waals surface area (Å²) in [5.41, 5.74) is 3.41. The van der Waals surface area contributed by atoms with Gasteiger partial charge in [-0.15, -0.1) is 10.2 Å². The molecule has 2 aliphatic heterocycles. The molecule has 24 heavy (non-hydrogen) atoms. The number of nitrogens with zero attached hydrogens (tertiary/aromatic N) is 3. The highest BCUT2D eigenvalue weighted by molar-refractivity contribution is 5.64. The molecule has 0 saturated carbocycles. The van der Waals surface area contributed by atoms with Crippen molar-refractivity contribution >= 4 is 5.82 Å². The molecule has 4 nitrogen and oxygen atoms in total. The van der Waals surface area contributed by atoms with Gasteiger partial charge in [-0.1, -0.05) is 37.3 Å². The largest absolute Gasteiger partial charge is 0.366 e. The van der Waals surface area contributed by atoms with Crippen LogP contribution in [-0.2, 0) is 6.42 Å². The summed E-state index contributed by atoms with van der Waals surface area (Å²) in [4.78, 5) is 2.57. The average Bonchev–Trinajstić information content (AvgIpc) is 2.84. The van der Waals surface area contributed by atoms with E-state index in [4.69, 9.17) is 0 Å². The Morgan fingerprint density at radius 1 is 1.08 bits per heavy atom. The fourth-order valence-corrected chi connectivity index (χ4v) is 4.35. The molecule has 126 valence electrons. The number of nitrogens with one attached hydrogen (secondary N) is 1. The summed E-state index contributed by atoms with van der Waals surface area (Å²) >= 11 is 0. The van der Waals surface area contributed by atoms with Crippen LogP contribution in [0.3, 0.4) is 0 Å². The van der Waals surface area contributed by atoms with Crippen LogP contribution in [0, 0.1) is 0 Å². The first-order chi connectivity index (χ1) is 11.7. The zero-order chi connectivity index (χ0) is 16.5. The van der Waals surface area contributed by atoms with Crippen molar-refractivity contribution in [1.82, 2.24) is 15.1 Å². The number of aryl methyl sites for hydroxylation is 1. The van der Waals surface area contributed by atoms with Gasteiger partial charge in [-0.3, -0.25) is 0 Å². The molecular weight excluding hydrogens is 296 g/mol. The van der Waals surface area contributed by atoms with E-state index >= 15 is 0 Å². The lowest BCUT2D eigenvalue weighted by atomic mass is 9.98. The van der Waals surface area contributed by atoms with Gasteiger partial charge in [0.2, 0.25) is 0 Å². The van der Waals surface area contributed by atoms with E-state index in [2.05, 4.69) is 64.7 Å². The number of fused-ring (bicyclic) bond motifs is 2. The molecule has 0 radical (unpaired) electrons. The highest BCUT2D eigenvalue weighted by Crippen LogP contribution is 2.35. The average molecular weight is 322 g/mol. The standard InChI is InChI=1S/C20H26N4/c1-3-14-11-19(22-23-20(14)15-7-5-4-6-8-15)21-16-12-17-9-10-18(13-16)24(17)2/h4-8,11,16-18H,3,9-10,12-13H2,1-2H3,(H,21,22). The van der Waals surface area contributed by atoms with Crippen LogP contribution in [-0.4, -0.2) is 40.3 Å². The monoisotopic (exact) mass is 322 g/mol. The molecule has 1 aromatic carbocycles. The van der Waals surface area contributed by atoms with Gasteiger partial charge in [0, 0.05) is 23.7 Å². The molecular formula is C20H26N4. The second-order valence-electron chi connectivity index (χ2n) is 7.19. The van der Waals surface area contributed by atoms with E-state index in [1.54, 1.807) is 0 Å². The first-order valence-corrected chi connectivity index (χ1v) is 9.15. The van der Waals surface area contributed by atoms with Gasteiger partial charge in [-0.25, -0.2) is 0 Å². The molecule has 0 amide bonds. The van der Waals surface area contributed by atoms with E-state index in [0.29, 0.717) is 6.04 Å². The maximum absolute atomic E-state index is 4.53. The predicted molar refractivity (Wildman–Crippen MR) is 98.1 cm³/mol. The molecule has 0 aliphatic carbocycles. The van der Waals surface area contributed by atoms with Gasteiger partial charge in [-0.05, 0) is 50.8 Å². The lowest BCUT2D eigenvalue weighted by molar-refractivity contribution is 0.168. The van der Waals surface area contributed by atoms with Crippen molar-refractivity contribution in [2.45, 2.75) is 57.2 Å². The van der Waals surface area contributed by atoms with Crippen LogP contribution in [0.15, 0.2) is 36.4 Å². The van der Waals surface area contributed by atoms with Gasteiger partial charge in [-0.2, -0.15) is 0 Å². The minimum atomic E-state index is 0.528. The first-order valence-electron chi connectivity index (χ1n) is 9.15. The summed E-state index contributed by atoms with van der Waals surface area (Å²) in [5.74, 6) is 0.931. The Kier molecular flexibility index (Phi) is 4.23. The predicted octanol–water partition coefficient (Wildman–Crippen LogP) is 3.74. The normalized spacial score (nSPS) is 26.5. The summed E-state index contributed by atoms with van der Waals surface area (Å²) in [5, 5.41) is 12.7. The van der Waals surface area contributed by atoms with Crippen molar-refractivity contribution in [2.24, 2.45) is 0 Å². The van der Waals surface area contributed by atoms with Gasteiger partial charge in [0.15, 0.2) is 0 Å². The van der Waals surface area contributed by atoms with Crippen LogP contribution in [0.4, 0.5) is 5.82 Å². The maximum atomic E-state index is 4.53. The fourth-order valence-electron chi connectivity index (χ4n) is 4.35. The Balaban J connectivity index is 1.53. The Morgan fingerprint density at radius 2 is 1.79 bits per heavy atom. The number of piperidine rings is 1. The fraction of sp³-hybridized carbons (Fsp3) is 0.500.